The summed E-state index contributed by atoms with van der Waals surface area (Å²) in [5, 5.41) is 0.904. The molecule has 0 radical (unpaired) electrons. The highest BCUT2D eigenvalue weighted by Crippen LogP contribution is 2.35. The van der Waals surface area contributed by atoms with Crippen LogP contribution in [0.1, 0.15) is 12.5 Å². The Bertz CT molecular complexity index is 608. The molecule has 0 N–H and O–H groups in total. The largest absolute Gasteiger partial charge is 0.496 e. The first-order chi connectivity index (χ1) is 9.24. The zero-order valence-corrected chi connectivity index (χ0v) is 11.4. The van der Waals surface area contributed by atoms with Crippen molar-refractivity contribution in [1.29, 1.82) is 0 Å². The Morgan fingerprint density at radius 1 is 1.21 bits per heavy atom. The average molecular weight is 259 g/mol. The standard InChI is InChI=1S/C15H17NO3/c1-5-10-12(17-3)8-7-11-13(18-4)9-14(19-6-2)16-15(10)11/h5,7-9H,1,6H2,2-4H3. The molecular formula is C15H17NO3. The highest BCUT2D eigenvalue weighted by atomic mass is 16.5. The molecule has 2 rings (SSSR count). The van der Waals surface area contributed by atoms with Crippen molar-refractivity contribution < 1.29 is 14.2 Å². The lowest BCUT2D eigenvalue weighted by molar-refractivity contribution is 0.324. The maximum Gasteiger partial charge on any atom is 0.217 e. The van der Waals surface area contributed by atoms with Gasteiger partial charge in [-0.3, -0.25) is 0 Å². The van der Waals surface area contributed by atoms with Gasteiger partial charge in [-0.05, 0) is 19.1 Å². The Kier molecular flexibility index (Phi) is 3.90. The van der Waals surface area contributed by atoms with Crippen LogP contribution < -0.4 is 14.2 Å². The highest BCUT2D eigenvalue weighted by Gasteiger charge is 2.13. The van der Waals surface area contributed by atoms with Crippen molar-refractivity contribution in [2.24, 2.45) is 0 Å². The lowest BCUT2D eigenvalue weighted by Crippen LogP contribution is -1.98. The van der Waals surface area contributed by atoms with E-state index in [2.05, 4.69) is 11.6 Å². The molecular weight excluding hydrogens is 242 g/mol. The van der Waals surface area contributed by atoms with E-state index >= 15 is 0 Å². The molecule has 19 heavy (non-hydrogen) atoms. The van der Waals surface area contributed by atoms with Crippen LogP contribution in [-0.4, -0.2) is 25.8 Å². The summed E-state index contributed by atoms with van der Waals surface area (Å²) in [6.07, 6.45) is 1.73. The first-order valence-corrected chi connectivity index (χ1v) is 6.06. The molecule has 1 heterocycles. The van der Waals surface area contributed by atoms with Gasteiger partial charge in [0.15, 0.2) is 0 Å². The van der Waals surface area contributed by atoms with Crippen molar-refractivity contribution in [2.45, 2.75) is 6.92 Å². The molecule has 0 aliphatic heterocycles. The third kappa shape index (κ3) is 2.34. The average Bonchev–Trinajstić information content (AvgIpc) is 2.45. The van der Waals surface area contributed by atoms with Crippen LogP contribution >= 0.6 is 0 Å². The number of aromatic nitrogens is 1. The van der Waals surface area contributed by atoms with Gasteiger partial charge in [0, 0.05) is 17.0 Å². The van der Waals surface area contributed by atoms with Gasteiger partial charge in [0.25, 0.3) is 0 Å². The normalized spacial score (nSPS) is 10.3. The Morgan fingerprint density at radius 3 is 2.53 bits per heavy atom. The molecule has 1 aromatic carbocycles. The van der Waals surface area contributed by atoms with E-state index in [1.165, 1.54) is 0 Å². The molecule has 0 bridgehead atoms. The molecule has 1 aromatic heterocycles. The first kappa shape index (κ1) is 13.2. The summed E-state index contributed by atoms with van der Waals surface area (Å²) in [6.45, 7) is 6.28. The van der Waals surface area contributed by atoms with Crippen LogP contribution in [0.4, 0.5) is 0 Å². The predicted octanol–water partition coefficient (Wildman–Crippen LogP) is 3.29. The molecule has 0 saturated heterocycles. The number of nitrogens with zero attached hydrogens (tertiary/aromatic N) is 1. The maximum absolute atomic E-state index is 5.46. The van der Waals surface area contributed by atoms with E-state index < -0.39 is 0 Å². The fourth-order valence-electron chi connectivity index (χ4n) is 2.01. The lowest BCUT2D eigenvalue weighted by atomic mass is 10.1. The predicted molar refractivity (Wildman–Crippen MR) is 76.1 cm³/mol. The molecule has 0 amide bonds. The van der Waals surface area contributed by atoms with E-state index in [-0.39, 0.29) is 0 Å². The first-order valence-electron chi connectivity index (χ1n) is 6.06. The number of benzene rings is 1. The highest BCUT2D eigenvalue weighted by molar-refractivity contribution is 5.94. The molecule has 0 fully saturated rings. The van der Waals surface area contributed by atoms with Crippen molar-refractivity contribution in [2.75, 3.05) is 20.8 Å². The SMILES string of the molecule is C=Cc1c(OC)ccc2c(OC)cc(OCC)nc12. The number of rotatable bonds is 5. The van der Waals surface area contributed by atoms with Crippen LogP contribution in [0.15, 0.2) is 24.8 Å². The lowest BCUT2D eigenvalue weighted by Gasteiger charge is -2.12. The quantitative estimate of drug-likeness (QED) is 0.826. The van der Waals surface area contributed by atoms with Crippen molar-refractivity contribution in [3.05, 3.63) is 30.3 Å². The molecule has 0 unspecified atom stereocenters. The van der Waals surface area contributed by atoms with E-state index in [4.69, 9.17) is 14.2 Å². The topological polar surface area (TPSA) is 40.6 Å². The Labute approximate surface area is 112 Å². The second-order valence-electron chi connectivity index (χ2n) is 3.88. The minimum Gasteiger partial charge on any atom is -0.496 e. The van der Waals surface area contributed by atoms with Crippen molar-refractivity contribution >= 4 is 17.0 Å². The Hall–Kier alpha value is -2.23. The van der Waals surface area contributed by atoms with Crippen molar-refractivity contribution in [1.82, 2.24) is 4.98 Å². The maximum atomic E-state index is 5.46. The van der Waals surface area contributed by atoms with E-state index in [9.17, 15) is 0 Å². The number of fused-ring (bicyclic) bond motifs is 1. The summed E-state index contributed by atoms with van der Waals surface area (Å²) in [5.41, 5.74) is 1.59. The minimum atomic E-state index is 0.531. The molecule has 100 valence electrons. The third-order valence-electron chi connectivity index (χ3n) is 2.86. The molecule has 0 saturated carbocycles. The van der Waals surface area contributed by atoms with Crippen LogP contribution in [0.2, 0.25) is 0 Å². The molecule has 2 aromatic rings. The van der Waals surface area contributed by atoms with Crippen LogP contribution in [0, 0.1) is 0 Å². The number of pyridine rings is 1. The van der Waals surface area contributed by atoms with Gasteiger partial charge in [-0.1, -0.05) is 12.7 Å². The zero-order valence-electron chi connectivity index (χ0n) is 11.4. The van der Waals surface area contributed by atoms with E-state index in [1.54, 1.807) is 26.4 Å². The number of hydrogen-bond acceptors (Lipinski definition) is 4. The van der Waals surface area contributed by atoms with Crippen LogP contribution in [0.3, 0.4) is 0 Å². The van der Waals surface area contributed by atoms with E-state index in [0.717, 1.165) is 28.0 Å². The number of ether oxygens (including phenoxy) is 3. The molecule has 0 atom stereocenters. The molecule has 0 spiro atoms. The van der Waals surface area contributed by atoms with Crippen molar-refractivity contribution in [3.63, 3.8) is 0 Å². The summed E-state index contributed by atoms with van der Waals surface area (Å²) < 4.78 is 16.2. The molecule has 4 heteroatoms. The molecule has 0 aliphatic rings. The van der Waals surface area contributed by atoms with Gasteiger partial charge in [0.05, 0.1) is 26.3 Å². The molecule has 4 nitrogen and oxygen atoms in total. The van der Waals surface area contributed by atoms with Gasteiger partial charge in [-0.15, -0.1) is 0 Å². The second kappa shape index (κ2) is 5.61. The van der Waals surface area contributed by atoms with Gasteiger partial charge in [-0.2, -0.15) is 0 Å². The van der Waals surface area contributed by atoms with E-state index in [1.807, 2.05) is 19.1 Å². The van der Waals surface area contributed by atoms with E-state index in [0.29, 0.717) is 12.5 Å². The van der Waals surface area contributed by atoms with Gasteiger partial charge >= 0.3 is 0 Å². The van der Waals surface area contributed by atoms with Crippen LogP contribution in [-0.2, 0) is 0 Å². The van der Waals surface area contributed by atoms with Crippen molar-refractivity contribution in [3.8, 4) is 17.4 Å². The summed E-state index contributed by atoms with van der Waals surface area (Å²) in [7, 11) is 3.25. The number of hydrogen-bond donors (Lipinski definition) is 0. The van der Waals surface area contributed by atoms with Gasteiger partial charge in [0.2, 0.25) is 5.88 Å². The Morgan fingerprint density at radius 2 is 1.95 bits per heavy atom. The number of methoxy groups -OCH3 is 2. The van der Waals surface area contributed by atoms with Gasteiger partial charge in [-0.25, -0.2) is 4.98 Å². The second-order valence-corrected chi connectivity index (χ2v) is 3.88. The fraction of sp³-hybridized carbons (Fsp3) is 0.267. The summed E-state index contributed by atoms with van der Waals surface area (Å²) >= 11 is 0. The van der Waals surface area contributed by atoms with Crippen LogP contribution in [0.25, 0.3) is 17.0 Å². The Balaban J connectivity index is 2.78. The fourth-order valence-corrected chi connectivity index (χ4v) is 2.01. The summed E-state index contributed by atoms with van der Waals surface area (Å²) in [6, 6.07) is 5.58. The minimum absolute atomic E-state index is 0.531. The zero-order chi connectivity index (χ0) is 13.8. The molecule has 0 aliphatic carbocycles. The monoisotopic (exact) mass is 259 g/mol. The summed E-state index contributed by atoms with van der Waals surface area (Å²) in [4.78, 5) is 4.50. The van der Waals surface area contributed by atoms with Gasteiger partial charge < -0.3 is 14.2 Å². The smallest absolute Gasteiger partial charge is 0.217 e. The van der Waals surface area contributed by atoms with Crippen LogP contribution in [0.5, 0.6) is 17.4 Å². The summed E-state index contributed by atoms with van der Waals surface area (Å²) in [5.74, 6) is 1.98. The van der Waals surface area contributed by atoms with Gasteiger partial charge in [0.1, 0.15) is 11.5 Å². The third-order valence-corrected chi connectivity index (χ3v) is 2.86.